The molecule has 3 rings (SSSR count). The van der Waals surface area contributed by atoms with Gasteiger partial charge in [-0.2, -0.15) is 0 Å². The van der Waals surface area contributed by atoms with Crippen molar-refractivity contribution in [2.24, 2.45) is 11.7 Å². The molecule has 2 aliphatic rings. The van der Waals surface area contributed by atoms with Gasteiger partial charge in [-0.1, -0.05) is 23.8 Å². The minimum Gasteiger partial charge on any atom is -0.389 e. The van der Waals surface area contributed by atoms with Crippen LogP contribution in [0.1, 0.15) is 24.8 Å². The van der Waals surface area contributed by atoms with Crippen LogP contribution in [0.15, 0.2) is 18.2 Å². The lowest BCUT2D eigenvalue weighted by atomic mass is 9.84. The van der Waals surface area contributed by atoms with Gasteiger partial charge in [0.1, 0.15) is 4.99 Å². The maximum atomic E-state index is 6.09. The van der Waals surface area contributed by atoms with Gasteiger partial charge in [-0.25, -0.2) is 0 Å². The Morgan fingerprint density at radius 3 is 2.90 bits per heavy atom. The summed E-state index contributed by atoms with van der Waals surface area (Å²) in [5.74, 6) is 0.743. The van der Waals surface area contributed by atoms with Crippen molar-refractivity contribution in [2.75, 3.05) is 31.6 Å². The Balaban J connectivity index is 1.84. The van der Waals surface area contributed by atoms with Crippen LogP contribution < -0.4 is 10.6 Å². The predicted molar refractivity (Wildman–Crippen MR) is 93.3 cm³/mol. The van der Waals surface area contributed by atoms with Crippen LogP contribution in [0.5, 0.6) is 0 Å². The molecule has 2 atom stereocenters. The van der Waals surface area contributed by atoms with Crippen molar-refractivity contribution in [1.82, 2.24) is 4.90 Å². The summed E-state index contributed by atoms with van der Waals surface area (Å²) >= 11 is 11.3. The molecule has 114 valence electrons. The van der Waals surface area contributed by atoms with Crippen molar-refractivity contribution in [1.29, 1.82) is 0 Å². The van der Waals surface area contributed by atoms with E-state index in [0.717, 1.165) is 36.3 Å². The van der Waals surface area contributed by atoms with Gasteiger partial charge < -0.3 is 15.5 Å². The van der Waals surface area contributed by atoms with E-state index < -0.39 is 0 Å². The van der Waals surface area contributed by atoms with Gasteiger partial charge in [-0.15, -0.1) is 0 Å². The summed E-state index contributed by atoms with van der Waals surface area (Å²) in [5, 5.41) is 0.689. The highest BCUT2D eigenvalue weighted by Crippen LogP contribution is 2.34. The summed E-state index contributed by atoms with van der Waals surface area (Å²) in [4.78, 5) is 5.39. The van der Waals surface area contributed by atoms with E-state index in [4.69, 9.17) is 29.6 Å². The predicted octanol–water partition coefficient (Wildman–Crippen LogP) is 2.89. The lowest BCUT2D eigenvalue weighted by Gasteiger charge is -2.47. The smallest absolute Gasteiger partial charge is 0.106 e. The van der Waals surface area contributed by atoms with Crippen molar-refractivity contribution in [3.8, 4) is 0 Å². The molecule has 2 N–H and O–H groups in total. The van der Waals surface area contributed by atoms with E-state index >= 15 is 0 Å². The molecule has 3 nitrogen and oxygen atoms in total. The zero-order valence-corrected chi connectivity index (χ0v) is 14.0. The van der Waals surface area contributed by atoms with Gasteiger partial charge in [0.25, 0.3) is 0 Å². The Labute approximate surface area is 137 Å². The standard InChI is InChI=1S/C16H22ClN3S/c1-19-7-2-3-11-10-20(8-6-14(11)19)15-5-4-12(17)9-13(15)16(18)21/h4-5,9,11,14H,2-3,6-8,10H2,1H3,(H2,18,21). The molecule has 1 aromatic rings. The van der Waals surface area contributed by atoms with Crippen LogP contribution in [-0.2, 0) is 0 Å². The van der Waals surface area contributed by atoms with E-state index in [2.05, 4.69) is 22.9 Å². The van der Waals surface area contributed by atoms with Gasteiger partial charge in [0.2, 0.25) is 0 Å². The van der Waals surface area contributed by atoms with E-state index in [0.29, 0.717) is 10.0 Å². The molecule has 0 spiro atoms. The average molecular weight is 324 g/mol. The molecule has 5 heteroatoms. The number of piperidine rings is 2. The Hall–Kier alpha value is -0.840. The summed E-state index contributed by atoms with van der Waals surface area (Å²) in [6.45, 7) is 3.38. The fraction of sp³-hybridized carbons (Fsp3) is 0.562. The minimum absolute atomic E-state index is 0.426. The number of likely N-dealkylation sites (tertiary alicyclic amines) is 1. The van der Waals surface area contributed by atoms with Gasteiger partial charge in [0, 0.05) is 35.4 Å². The quantitative estimate of drug-likeness (QED) is 0.848. The molecule has 2 unspecified atom stereocenters. The fourth-order valence-corrected chi connectivity index (χ4v) is 4.19. The first-order valence-corrected chi connectivity index (χ1v) is 8.39. The number of thiocarbonyl (C=S) groups is 1. The number of benzene rings is 1. The summed E-state index contributed by atoms with van der Waals surface area (Å²) in [6.07, 6.45) is 3.83. The molecule has 0 aromatic heterocycles. The van der Waals surface area contributed by atoms with E-state index in [9.17, 15) is 0 Å². The Morgan fingerprint density at radius 1 is 1.33 bits per heavy atom. The summed E-state index contributed by atoms with van der Waals surface area (Å²) in [7, 11) is 2.26. The van der Waals surface area contributed by atoms with Crippen LogP contribution in [0.2, 0.25) is 5.02 Å². The second kappa shape index (κ2) is 6.11. The lowest BCUT2D eigenvalue weighted by molar-refractivity contribution is 0.102. The van der Waals surface area contributed by atoms with Gasteiger partial charge in [-0.05, 0) is 57.0 Å². The topological polar surface area (TPSA) is 32.5 Å². The van der Waals surface area contributed by atoms with Crippen molar-refractivity contribution < 1.29 is 0 Å². The lowest BCUT2D eigenvalue weighted by Crippen LogP contribution is -2.53. The van der Waals surface area contributed by atoms with Crippen molar-refractivity contribution in [2.45, 2.75) is 25.3 Å². The summed E-state index contributed by atoms with van der Waals surface area (Å²) in [5.41, 5.74) is 7.92. The molecule has 2 heterocycles. The van der Waals surface area contributed by atoms with Gasteiger partial charge in [-0.3, -0.25) is 0 Å². The first-order chi connectivity index (χ1) is 10.1. The molecule has 2 fully saturated rings. The van der Waals surface area contributed by atoms with E-state index in [-0.39, 0.29) is 0 Å². The molecule has 0 aliphatic carbocycles. The van der Waals surface area contributed by atoms with Gasteiger partial charge >= 0.3 is 0 Å². The molecular weight excluding hydrogens is 302 g/mol. The van der Waals surface area contributed by atoms with Crippen LogP contribution in [0.25, 0.3) is 0 Å². The second-order valence-electron chi connectivity index (χ2n) is 6.21. The molecule has 0 amide bonds. The highest BCUT2D eigenvalue weighted by molar-refractivity contribution is 7.80. The third kappa shape index (κ3) is 3.03. The van der Waals surface area contributed by atoms with Crippen LogP contribution >= 0.6 is 23.8 Å². The maximum absolute atomic E-state index is 6.09. The third-order valence-electron chi connectivity index (χ3n) is 4.91. The number of halogens is 1. The molecular formula is C16H22ClN3S. The number of fused-ring (bicyclic) bond motifs is 1. The summed E-state index contributed by atoms with van der Waals surface area (Å²) in [6, 6.07) is 6.61. The van der Waals surface area contributed by atoms with E-state index in [1.807, 2.05) is 12.1 Å². The third-order valence-corrected chi connectivity index (χ3v) is 5.37. The van der Waals surface area contributed by atoms with Gasteiger partial charge in [0.05, 0.1) is 0 Å². The Bertz CT molecular complexity index is 548. The normalized spacial score (nSPS) is 26.5. The molecule has 0 bridgehead atoms. The van der Waals surface area contributed by atoms with E-state index in [1.165, 1.54) is 25.8 Å². The second-order valence-corrected chi connectivity index (χ2v) is 7.09. The Kier molecular flexibility index (Phi) is 4.38. The molecule has 1 aromatic carbocycles. The van der Waals surface area contributed by atoms with Gasteiger partial charge in [0.15, 0.2) is 0 Å². The van der Waals surface area contributed by atoms with Crippen molar-refractivity contribution in [3.63, 3.8) is 0 Å². The average Bonchev–Trinajstić information content (AvgIpc) is 2.47. The highest BCUT2D eigenvalue weighted by Gasteiger charge is 2.34. The zero-order chi connectivity index (χ0) is 15.0. The molecule has 2 saturated heterocycles. The molecule has 0 saturated carbocycles. The number of rotatable bonds is 2. The zero-order valence-electron chi connectivity index (χ0n) is 12.4. The Morgan fingerprint density at radius 2 is 2.14 bits per heavy atom. The van der Waals surface area contributed by atoms with Crippen molar-refractivity contribution >= 4 is 34.5 Å². The number of nitrogens with zero attached hydrogens (tertiary/aromatic N) is 2. The monoisotopic (exact) mass is 323 g/mol. The largest absolute Gasteiger partial charge is 0.389 e. The number of anilines is 1. The molecule has 0 radical (unpaired) electrons. The summed E-state index contributed by atoms with van der Waals surface area (Å²) < 4.78 is 0. The number of nitrogens with two attached hydrogens (primary N) is 1. The van der Waals surface area contributed by atoms with Crippen molar-refractivity contribution in [3.05, 3.63) is 28.8 Å². The first kappa shape index (κ1) is 15.1. The maximum Gasteiger partial charge on any atom is 0.106 e. The molecule has 2 aliphatic heterocycles. The minimum atomic E-state index is 0.426. The number of hydrogen-bond acceptors (Lipinski definition) is 3. The SMILES string of the molecule is CN1CCCC2CN(c3ccc(Cl)cc3C(N)=S)CCC21. The number of hydrogen-bond donors (Lipinski definition) is 1. The van der Waals surface area contributed by atoms with Crippen LogP contribution in [-0.4, -0.2) is 42.6 Å². The highest BCUT2D eigenvalue weighted by atomic mass is 35.5. The molecule has 21 heavy (non-hydrogen) atoms. The first-order valence-electron chi connectivity index (χ1n) is 7.61. The van der Waals surface area contributed by atoms with E-state index in [1.54, 1.807) is 0 Å². The van der Waals surface area contributed by atoms with Crippen LogP contribution in [0.3, 0.4) is 0 Å². The fourth-order valence-electron chi connectivity index (χ4n) is 3.85. The van der Waals surface area contributed by atoms with Crippen LogP contribution in [0.4, 0.5) is 5.69 Å². The van der Waals surface area contributed by atoms with Crippen LogP contribution in [0, 0.1) is 5.92 Å².